The first-order valence-corrected chi connectivity index (χ1v) is 9.35. The van der Waals surface area contributed by atoms with Crippen LogP contribution in [0, 0.1) is 5.92 Å². The lowest BCUT2D eigenvalue weighted by Crippen LogP contribution is -2.48. The molecule has 6 heteroatoms. The molecule has 1 heterocycles. The van der Waals surface area contributed by atoms with Crippen LogP contribution in [-0.2, 0) is 4.79 Å². The van der Waals surface area contributed by atoms with Gasteiger partial charge >= 0.3 is 6.03 Å². The highest BCUT2D eigenvalue weighted by Gasteiger charge is 2.30. The van der Waals surface area contributed by atoms with Crippen LogP contribution < -0.4 is 21.3 Å². The number of anilines is 2. The summed E-state index contributed by atoms with van der Waals surface area (Å²) in [7, 11) is 0. The highest BCUT2D eigenvalue weighted by Crippen LogP contribution is 2.25. The van der Waals surface area contributed by atoms with E-state index in [-0.39, 0.29) is 23.9 Å². The zero-order chi connectivity index (χ0) is 17.6. The summed E-state index contributed by atoms with van der Waals surface area (Å²) in [5.74, 6) is -0.587. The number of urea groups is 1. The van der Waals surface area contributed by atoms with Crippen LogP contribution in [0.3, 0.4) is 0 Å². The molecule has 0 spiro atoms. The fraction of sp³-hybridized carbons (Fsp3) is 0.579. The van der Waals surface area contributed by atoms with Gasteiger partial charge in [-0.05, 0) is 50.3 Å². The first-order valence-electron chi connectivity index (χ1n) is 9.35. The Balaban J connectivity index is 1.59. The van der Waals surface area contributed by atoms with Crippen molar-refractivity contribution in [2.24, 2.45) is 11.7 Å². The first-order chi connectivity index (χ1) is 12.1. The van der Waals surface area contributed by atoms with Crippen molar-refractivity contribution < 1.29 is 9.59 Å². The third kappa shape index (κ3) is 4.65. The summed E-state index contributed by atoms with van der Waals surface area (Å²) in [6.07, 6.45) is 7.28. The molecule has 0 bridgehead atoms. The molecule has 0 radical (unpaired) electrons. The molecule has 0 aromatic heterocycles. The predicted molar refractivity (Wildman–Crippen MR) is 99.6 cm³/mol. The van der Waals surface area contributed by atoms with E-state index in [2.05, 4.69) is 21.6 Å². The number of piperidine rings is 1. The normalized spacial score (nSPS) is 23.8. The summed E-state index contributed by atoms with van der Waals surface area (Å²) in [4.78, 5) is 26.3. The molecule has 2 atom stereocenters. The molecular formula is C19H28N4O2. The van der Waals surface area contributed by atoms with E-state index in [9.17, 15) is 9.59 Å². The molecule has 1 saturated carbocycles. The van der Waals surface area contributed by atoms with Crippen molar-refractivity contribution in [1.82, 2.24) is 5.32 Å². The quantitative estimate of drug-likeness (QED) is 0.785. The van der Waals surface area contributed by atoms with E-state index < -0.39 is 0 Å². The van der Waals surface area contributed by atoms with Gasteiger partial charge in [-0.25, -0.2) is 4.79 Å². The molecule has 1 aromatic rings. The average Bonchev–Trinajstić information content (AvgIpc) is 2.63. The fourth-order valence-corrected chi connectivity index (χ4v) is 3.91. The molecule has 0 unspecified atom stereocenters. The Bertz CT molecular complexity index is 613. The van der Waals surface area contributed by atoms with Crippen LogP contribution in [-0.4, -0.2) is 31.1 Å². The maximum Gasteiger partial charge on any atom is 0.319 e. The number of amides is 3. The minimum Gasteiger partial charge on any atom is -0.371 e. The Morgan fingerprint density at radius 3 is 2.56 bits per heavy atom. The lowest BCUT2D eigenvalue weighted by atomic mass is 9.84. The van der Waals surface area contributed by atoms with E-state index in [1.165, 1.54) is 19.3 Å². The van der Waals surface area contributed by atoms with Crippen LogP contribution in [0.15, 0.2) is 24.3 Å². The van der Waals surface area contributed by atoms with Gasteiger partial charge in [0.2, 0.25) is 5.91 Å². The highest BCUT2D eigenvalue weighted by atomic mass is 16.2. The lowest BCUT2D eigenvalue weighted by Gasteiger charge is -2.30. The molecule has 2 aliphatic rings. The molecule has 6 nitrogen and oxygen atoms in total. The maximum atomic E-state index is 12.3. The molecule has 3 amide bonds. The number of rotatable bonds is 4. The van der Waals surface area contributed by atoms with Gasteiger partial charge in [-0.15, -0.1) is 0 Å². The Kier molecular flexibility index (Phi) is 5.79. The Hall–Kier alpha value is -2.24. The van der Waals surface area contributed by atoms with E-state index in [4.69, 9.17) is 5.73 Å². The molecule has 3 rings (SSSR count). The van der Waals surface area contributed by atoms with Gasteiger partial charge in [0.05, 0.1) is 5.92 Å². The average molecular weight is 344 g/mol. The zero-order valence-corrected chi connectivity index (χ0v) is 14.7. The van der Waals surface area contributed by atoms with E-state index in [1.807, 2.05) is 18.2 Å². The third-order valence-corrected chi connectivity index (χ3v) is 5.27. The van der Waals surface area contributed by atoms with Gasteiger partial charge in [0, 0.05) is 30.5 Å². The summed E-state index contributed by atoms with van der Waals surface area (Å²) in [6.45, 7) is 2.13. The van der Waals surface area contributed by atoms with Gasteiger partial charge in [0.1, 0.15) is 0 Å². The van der Waals surface area contributed by atoms with Crippen molar-refractivity contribution in [2.45, 2.75) is 51.0 Å². The number of carbonyl (C=O) groups is 2. The monoisotopic (exact) mass is 344 g/mol. The van der Waals surface area contributed by atoms with Gasteiger partial charge < -0.3 is 21.3 Å². The number of benzene rings is 1. The molecule has 1 aliphatic heterocycles. The standard InChI is InChI=1S/C19H28N4O2/c20-18(24)16-9-2-3-10-17(16)22-19(25)21-14-7-6-8-15(13-14)23-11-4-1-5-12-23/h6-8,13,16-17H,1-5,9-12H2,(H2,20,24)(H2,21,22,25)/t16-,17-/m0/s1. The molecule has 2 fully saturated rings. The smallest absolute Gasteiger partial charge is 0.319 e. The molecule has 4 N–H and O–H groups in total. The topological polar surface area (TPSA) is 87.5 Å². The second-order valence-corrected chi connectivity index (χ2v) is 7.10. The first kappa shape index (κ1) is 17.6. The molecule has 1 aromatic carbocycles. The minimum absolute atomic E-state index is 0.170. The molecule has 1 saturated heterocycles. The van der Waals surface area contributed by atoms with E-state index in [0.29, 0.717) is 0 Å². The van der Waals surface area contributed by atoms with Crippen molar-refractivity contribution in [1.29, 1.82) is 0 Å². The van der Waals surface area contributed by atoms with Gasteiger partial charge in [-0.1, -0.05) is 18.9 Å². The van der Waals surface area contributed by atoms with Gasteiger partial charge in [-0.3, -0.25) is 4.79 Å². The van der Waals surface area contributed by atoms with Crippen LogP contribution in [0.5, 0.6) is 0 Å². The summed E-state index contributed by atoms with van der Waals surface area (Å²) >= 11 is 0. The molecule has 136 valence electrons. The van der Waals surface area contributed by atoms with Crippen LogP contribution >= 0.6 is 0 Å². The van der Waals surface area contributed by atoms with Crippen LogP contribution in [0.4, 0.5) is 16.2 Å². The molecule has 1 aliphatic carbocycles. The zero-order valence-electron chi connectivity index (χ0n) is 14.7. The predicted octanol–water partition coefficient (Wildman–Crippen LogP) is 2.84. The summed E-state index contributed by atoms with van der Waals surface area (Å²) in [5.41, 5.74) is 7.39. The maximum absolute atomic E-state index is 12.3. The Morgan fingerprint density at radius 2 is 1.80 bits per heavy atom. The van der Waals surface area contributed by atoms with Crippen molar-refractivity contribution in [2.75, 3.05) is 23.3 Å². The van der Waals surface area contributed by atoms with Crippen LogP contribution in [0.25, 0.3) is 0 Å². The SMILES string of the molecule is NC(=O)[C@H]1CCCC[C@@H]1NC(=O)Nc1cccc(N2CCCCC2)c1. The number of hydrogen-bond acceptors (Lipinski definition) is 3. The second kappa shape index (κ2) is 8.23. The van der Waals surface area contributed by atoms with Crippen molar-refractivity contribution in [3.05, 3.63) is 24.3 Å². The fourth-order valence-electron chi connectivity index (χ4n) is 3.91. The second-order valence-electron chi connectivity index (χ2n) is 7.10. The van der Waals surface area contributed by atoms with Crippen molar-refractivity contribution in [3.8, 4) is 0 Å². The Morgan fingerprint density at radius 1 is 1.04 bits per heavy atom. The van der Waals surface area contributed by atoms with Crippen LogP contribution in [0.1, 0.15) is 44.9 Å². The molecule has 25 heavy (non-hydrogen) atoms. The highest BCUT2D eigenvalue weighted by molar-refractivity contribution is 5.90. The largest absolute Gasteiger partial charge is 0.371 e. The van der Waals surface area contributed by atoms with Crippen molar-refractivity contribution >= 4 is 23.3 Å². The number of nitrogens with two attached hydrogens (primary N) is 1. The minimum atomic E-state index is -0.322. The molecular weight excluding hydrogens is 316 g/mol. The number of hydrogen-bond donors (Lipinski definition) is 3. The van der Waals surface area contributed by atoms with Crippen molar-refractivity contribution in [3.63, 3.8) is 0 Å². The third-order valence-electron chi connectivity index (χ3n) is 5.27. The van der Waals surface area contributed by atoms with E-state index >= 15 is 0 Å². The number of primary amides is 1. The number of nitrogens with zero attached hydrogens (tertiary/aromatic N) is 1. The lowest BCUT2D eigenvalue weighted by molar-refractivity contribution is -0.123. The summed E-state index contributed by atoms with van der Waals surface area (Å²) in [5, 5.41) is 5.83. The summed E-state index contributed by atoms with van der Waals surface area (Å²) < 4.78 is 0. The van der Waals surface area contributed by atoms with Gasteiger partial charge in [0.25, 0.3) is 0 Å². The van der Waals surface area contributed by atoms with E-state index in [1.54, 1.807) is 0 Å². The summed E-state index contributed by atoms with van der Waals surface area (Å²) in [6, 6.07) is 7.51. The number of carbonyl (C=O) groups excluding carboxylic acids is 2. The van der Waals surface area contributed by atoms with Crippen LogP contribution in [0.2, 0.25) is 0 Å². The van der Waals surface area contributed by atoms with Gasteiger partial charge in [-0.2, -0.15) is 0 Å². The van der Waals surface area contributed by atoms with E-state index in [0.717, 1.165) is 50.1 Å². The van der Waals surface area contributed by atoms with Gasteiger partial charge in [0.15, 0.2) is 0 Å². The Labute approximate surface area is 149 Å². The number of nitrogens with one attached hydrogen (secondary N) is 2.